The van der Waals surface area contributed by atoms with Gasteiger partial charge in [-0.1, -0.05) is 67.6 Å². The van der Waals surface area contributed by atoms with Crippen molar-refractivity contribution in [1.29, 1.82) is 0 Å². The fourth-order valence-corrected chi connectivity index (χ4v) is 4.10. The molecule has 146 valence electrons. The van der Waals surface area contributed by atoms with E-state index in [0.29, 0.717) is 0 Å². The van der Waals surface area contributed by atoms with Crippen LogP contribution >= 0.6 is 0 Å². The predicted molar refractivity (Wildman–Crippen MR) is 121 cm³/mol. The molecule has 0 aliphatic rings. The van der Waals surface area contributed by atoms with E-state index in [0.717, 1.165) is 35.0 Å². The van der Waals surface area contributed by atoms with Gasteiger partial charge in [-0.2, -0.15) is 0 Å². The summed E-state index contributed by atoms with van der Waals surface area (Å²) in [5.41, 5.74) is 6.56. The van der Waals surface area contributed by atoms with Crippen molar-refractivity contribution in [3.63, 3.8) is 0 Å². The van der Waals surface area contributed by atoms with Gasteiger partial charge in [0, 0.05) is 54.4 Å². The van der Waals surface area contributed by atoms with E-state index in [9.17, 15) is 4.79 Å². The molecule has 3 heteroatoms. The number of carbonyl (C=O) groups is 1. The summed E-state index contributed by atoms with van der Waals surface area (Å²) in [6, 6.07) is 27.2. The normalized spacial score (nSPS) is 12.1. The molecule has 0 N–H and O–H groups in total. The number of anilines is 1. The number of rotatable bonds is 6. The molecule has 0 amide bonds. The number of hydrogen-bond donors (Lipinski definition) is 0. The van der Waals surface area contributed by atoms with Crippen LogP contribution in [0.1, 0.15) is 40.0 Å². The second-order valence-corrected chi connectivity index (χ2v) is 7.71. The van der Waals surface area contributed by atoms with Crippen molar-refractivity contribution in [2.75, 3.05) is 19.0 Å². The maximum absolute atomic E-state index is 12.2. The Bertz CT molecular complexity index is 1120. The van der Waals surface area contributed by atoms with Gasteiger partial charge >= 0.3 is 0 Å². The molecular formula is C26H26N2O. The first-order chi connectivity index (χ1) is 14.1. The number of aldehydes is 1. The summed E-state index contributed by atoms with van der Waals surface area (Å²) >= 11 is 0. The van der Waals surface area contributed by atoms with Gasteiger partial charge in [-0.3, -0.25) is 4.79 Å². The largest absolute Gasteiger partial charge is 0.378 e. The summed E-state index contributed by atoms with van der Waals surface area (Å²) in [5, 5.41) is 1.02. The van der Waals surface area contributed by atoms with Crippen LogP contribution in [0, 0.1) is 0 Å². The molecule has 3 aromatic carbocycles. The molecule has 0 spiro atoms. The topological polar surface area (TPSA) is 25.2 Å². The first kappa shape index (κ1) is 19.0. The van der Waals surface area contributed by atoms with Gasteiger partial charge in [-0.05, 0) is 29.3 Å². The van der Waals surface area contributed by atoms with Gasteiger partial charge in [-0.25, -0.2) is 0 Å². The number of fused-ring (bicyclic) bond motifs is 1. The number of hydrogen-bond acceptors (Lipinski definition) is 2. The Labute approximate surface area is 172 Å². The van der Waals surface area contributed by atoms with Crippen LogP contribution in [-0.2, 0) is 6.54 Å². The van der Waals surface area contributed by atoms with Crippen LogP contribution in [-0.4, -0.2) is 24.9 Å². The SMILES string of the molecule is C[C@@H](c1ccc(N(C)C)cc1)c1c(C=O)c2ccccc2n1Cc1ccccc1. The summed E-state index contributed by atoms with van der Waals surface area (Å²) in [5.74, 6) is 0.0996. The van der Waals surface area contributed by atoms with Gasteiger partial charge in [-0.15, -0.1) is 0 Å². The maximum atomic E-state index is 12.2. The minimum Gasteiger partial charge on any atom is -0.378 e. The number of carbonyl (C=O) groups excluding carboxylic acids is 1. The zero-order valence-electron chi connectivity index (χ0n) is 17.2. The number of aromatic nitrogens is 1. The molecular weight excluding hydrogens is 356 g/mol. The van der Waals surface area contributed by atoms with Crippen LogP contribution in [0.5, 0.6) is 0 Å². The third-order valence-electron chi connectivity index (χ3n) is 5.67. The first-order valence-electron chi connectivity index (χ1n) is 9.97. The van der Waals surface area contributed by atoms with Crippen LogP contribution in [0.4, 0.5) is 5.69 Å². The van der Waals surface area contributed by atoms with E-state index in [2.05, 4.69) is 71.0 Å². The highest BCUT2D eigenvalue weighted by Gasteiger charge is 2.22. The van der Waals surface area contributed by atoms with E-state index >= 15 is 0 Å². The second-order valence-electron chi connectivity index (χ2n) is 7.71. The molecule has 1 atom stereocenters. The molecule has 0 fully saturated rings. The van der Waals surface area contributed by atoms with E-state index in [-0.39, 0.29) is 5.92 Å². The minimum atomic E-state index is 0.0996. The summed E-state index contributed by atoms with van der Waals surface area (Å²) in [7, 11) is 4.08. The summed E-state index contributed by atoms with van der Waals surface area (Å²) < 4.78 is 2.30. The zero-order valence-corrected chi connectivity index (χ0v) is 17.2. The van der Waals surface area contributed by atoms with Crippen molar-refractivity contribution in [1.82, 2.24) is 4.57 Å². The lowest BCUT2D eigenvalue weighted by atomic mass is 9.94. The molecule has 0 bridgehead atoms. The number of para-hydroxylation sites is 1. The Balaban J connectivity index is 1.87. The third-order valence-corrected chi connectivity index (χ3v) is 5.67. The fraction of sp³-hybridized carbons (Fsp3) is 0.192. The smallest absolute Gasteiger partial charge is 0.152 e. The van der Waals surface area contributed by atoms with Gasteiger partial charge in [0.2, 0.25) is 0 Å². The van der Waals surface area contributed by atoms with E-state index in [1.165, 1.54) is 16.8 Å². The minimum absolute atomic E-state index is 0.0996. The molecule has 0 saturated carbocycles. The van der Waals surface area contributed by atoms with E-state index in [1.807, 2.05) is 38.4 Å². The van der Waals surface area contributed by atoms with E-state index in [4.69, 9.17) is 0 Å². The van der Waals surface area contributed by atoms with Gasteiger partial charge in [0.25, 0.3) is 0 Å². The quantitative estimate of drug-likeness (QED) is 0.399. The molecule has 4 aromatic rings. The van der Waals surface area contributed by atoms with Crippen molar-refractivity contribution in [2.45, 2.75) is 19.4 Å². The summed E-state index contributed by atoms with van der Waals surface area (Å²) in [4.78, 5) is 14.3. The average Bonchev–Trinajstić information content (AvgIpc) is 3.07. The van der Waals surface area contributed by atoms with Gasteiger partial charge in [0.1, 0.15) is 0 Å². The zero-order chi connectivity index (χ0) is 20.4. The highest BCUT2D eigenvalue weighted by Crippen LogP contribution is 2.35. The molecule has 0 saturated heterocycles. The molecule has 1 heterocycles. The lowest BCUT2D eigenvalue weighted by Gasteiger charge is -2.19. The molecule has 1 aromatic heterocycles. The van der Waals surface area contributed by atoms with Gasteiger partial charge in [0.15, 0.2) is 6.29 Å². The van der Waals surface area contributed by atoms with Crippen LogP contribution < -0.4 is 4.90 Å². The Morgan fingerprint density at radius 3 is 2.21 bits per heavy atom. The molecule has 0 aliphatic heterocycles. The monoisotopic (exact) mass is 382 g/mol. The van der Waals surface area contributed by atoms with Gasteiger partial charge in [0.05, 0.1) is 0 Å². The molecule has 4 rings (SSSR count). The van der Waals surface area contributed by atoms with Crippen molar-refractivity contribution in [3.05, 3.63) is 101 Å². The van der Waals surface area contributed by atoms with Crippen LogP contribution in [0.3, 0.4) is 0 Å². The molecule has 0 unspecified atom stereocenters. The Morgan fingerprint density at radius 2 is 1.55 bits per heavy atom. The lowest BCUT2D eigenvalue weighted by Crippen LogP contribution is -2.11. The maximum Gasteiger partial charge on any atom is 0.152 e. The Hall–Kier alpha value is -3.33. The van der Waals surface area contributed by atoms with Crippen molar-refractivity contribution < 1.29 is 4.79 Å². The standard InChI is InChI=1S/C26H26N2O/c1-19(21-13-15-22(16-14-21)27(2)3)26-24(18-29)23-11-7-8-12-25(23)28(26)17-20-9-5-4-6-10-20/h4-16,18-19H,17H2,1-3H3/t19-/m0/s1. The molecule has 0 aliphatic carbocycles. The van der Waals surface area contributed by atoms with Gasteiger partial charge < -0.3 is 9.47 Å². The average molecular weight is 383 g/mol. The second kappa shape index (κ2) is 7.96. The van der Waals surface area contributed by atoms with Crippen molar-refractivity contribution in [3.8, 4) is 0 Å². The predicted octanol–water partition coefficient (Wildman–Crippen LogP) is 5.72. The highest BCUT2D eigenvalue weighted by molar-refractivity contribution is 6.00. The van der Waals surface area contributed by atoms with Crippen molar-refractivity contribution >= 4 is 22.9 Å². The molecule has 3 nitrogen and oxygen atoms in total. The first-order valence-corrected chi connectivity index (χ1v) is 9.97. The Kier molecular flexibility index (Phi) is 5.22. The third kappa shape index (κ3) is 3.56. The highest BCUT2D eigenvalue weighted by atomic mass is 16.1. The van der Waals surface area contributed by atoms with Crippen molar-refractivity contribution in [2.24, 2.45) is 0 Å². The number of nitrogens with zero attached hydrogens (tertiary/aromatic N) is 2. The number of benzene rings is 3. The molecule has 29 heavy (non-hydrogen) atoms. The van der Waals surface area contributed by atoms with E-state index < -0.39 is 0 Å². The van der Waals surface area contributed by atoms with Crippen LogP contribution in [0.2, 0.25) is 0 Å². The lowest BCUT2D eigenvalue weighted by molar-refractivity contribution is 0.112. The Morgan fingerprint density at radius 1 is 0.897 bits per heavy atom. The van der Waals surface area contributed by atoms with E-state index in [1.54, 1.807) is 0 Å². The van der Waals surface area contributed by atoms with Crippen LogP contribution in [0.25, 0.3) is 10.9 Å². The molecule has 0 radical (unpaired) electrons. The summed E-state index contributed by atoms with van der Waals surface area (Å²) in [6.07, 6.45) is 1.02. The fourth-order valence-electron chi connectivity index (χ4n) is 4.10. The summed E-state index contributed by atoms with van der Waals surface area (Å²) in [6.45, 7) is 2.93. The van der Waals surface area contributed by atoms with Crippen LogP contribution in [0.15, 0.2) is 78.9 Å².